The number of pyridine rings is 1. The largest absolute Gasteiger partial charge is 0.362 e. The number of hydrogen-bond donors (Lipinski definition) is 1. The van der Waals surface area contributed by atoms with Crippen molar-refractivity contribution in [2.24, 2.45) is 0 Å². The lowest BCUT2D eigenvalue weighted by atomic mass is 9.64. The SMILES string of the molecule is CN(C)c1ncccc1CNC(=O)C1(c2ccccc2)CCC1. The van der Waals surface area contributed by atoms with E-state index in [-0.39, 0.29) is 11.3 Å². The molecule has 4 nitrogen and oxygen atoms in total. The second-order valence-electron chi connectivity index (χ2n) is 6.36. The fourth-order valence-electron chi connectivity index (χ4n) is 3.25. The van der Waals surface area contributed by atoms with Gasteiger partial charge in [0.1, 0.15) is 5.82 Å². The monoisotopic (exact) mass is 309 g/mol. The molecule has 1 saturated carbocycles. The maximum atomic E-state index is 12.9. The van der Waals surface area contributed by atoms with Crippen LogP contribution < -0.4 is 10.2 Å². The molecule has 0 atom stereocenters. The summed E-state index contributed by atoms with van der Waals surface area (Å²) in [6, 6.07) is 14.1. The molecular weight excluding hydrogens is 286 g/mol. The summed E-state index contributed by atoms with van der Waals surface area (Å²) >= 11 is 0. The number of amides is 1. The third kappa shape index (κ3) is 2.93. The highest BCUT2D eigenvalue weighted by molar-refractivity contribution is 5.89. The summed E-state index contributed by atoms with van der Waals surface area (Å²) in [6.45, 7) is 0.509. The number of carbonyl (C=O) groups is 1. The normalized spacial score (nSPS) is 15.6. The van der Waals surface area contributed by atoms with Crippen LogP contribution in [0.1, 0.15) is 30.4 Å². The first-order valence-electron chi connectivity index (χ1n) is 8.08. The quantitative estimate of drug-likeness (QED) is 0.923. The topological polar surface area (TPSA) is 45.2 Å². The Bertz CT molecular complexity index is 678. The average molecular weight is 309 g/mol. The van der Waals surface area contributed by atoms with Gasteiger partial charge < -0.3 is 10.2 Å². The molecule has 1 aromatic heterocycles. The van der Waals surface area contributed by atoms with E-state index in [1.807, 2.05) is 49.3 Å². The zero-order chi connectivity index (χ0) is 16.3. The lowest BCUT2D eigenvalue weighted by Gasteiger charge is -2.40. The van der Waals surface area contributed by atoms with Crippen LogP contribution in [0.5, 0.6) is 0 Å². The molecule has 4 heteroatoms. The Morgan fingerprint density at radius 3 is 2.52 bits per heavy atom. The summed E-state index contributed by atoms with van der Waals surface area (Å²) in [6.07, 6.45) is 4.74. The summed E-state index contributed by atoms with van der Waals surface area (Å²) in [4.78, 5) is 19.2. The second-order valence-corrected chi connectivity index (χ2v) is 6.36. The molecule has 0 unspecified atom stereocenters. The number of rotatable bonds is 5. The standard InChI is InChI=1S/C19H23N3O/c1-22(2)17-15(8-6-13-20-17)14-21-18(23)19(11-7-12-19)16-9-4-3-5-10-16/h3-6,8-10,13H,7,11-12,14H2,1-2H3,(H,21,23). The van der Waals surface area contributed by atoms with Gasteiger partial charge in [0.15, 0.2) is 0 Å². The van der Waals surface area contributed by atoms with Gasteiger partial charge in [0.25, 0.3) is 0 Å². The van der Waals surface area contributed by atoms with E-state index in [0.717, 1.165) is 36.2 Å². The van der Waals surface area contributed by atoms with E-state index in [4.69, 9.17) is 0 Å². The van der Waals surface area contributed by atoms with Crippen molar-refractivity contribution in [3.63, 3.8) is 0 Å². The Kier molecular flexibility index (Phi) is 4.33. The summed E-state index contributed by atoms with van der Waals surface area (Å²) < 4.78 is 0. The molecule has 0 radical (unpaired) electrons. The molecule has 1 aromatic carbocycles. The predicted octanol–water partition coefficient (Wildman–Crippen LogP) is 2.89. The zero-order valence-electron chi connectivity index (χ0n) is 13.7. The lowest BCUT2D eigenvalue weighted by molar-refractivity contribution is -0.130. The molecule has 3 rings (SSSR count). The van der Waals surface area contributed by atoms with Gasteiger partial charge in [0, 0.05) is 32.4 Å². The first-order chi connectivity index (χ1) is 11.1. The third-order valence-electron chi connectivity index (χ3n) is 4.70. The number of benzene rings is 1. The minimum Gasteiger partial charge on any atom is -0.362 e. The van der Waals surface area contributed by atoms with Crippen LogP contribution in [0.2, 0.25) is 0 Å². The summed E-state index contributed by atoms with van der Waals surface area (Å²) in [5.41, 5.74) is 1.82. The molecule has 0 aliphatic heterocycles. The number of aromatic nitrogens is 1. The first kappa shape index (κ1) is 15.5. The summed E-state index contributed by atoms with van der Waals surface area (Å²) in [5.74, 6) is 1.03. The second kappa shape index (κ2) is 6.41. The minimum atomic E-state index is -0.345. The Hall–Kier alpha value is -2.36. The Morgan fingerprint density at radius 2 is 1.91 bits per heavy atom. The molecular formula is C19H23N3O. The highest BCUT2D eigenvalue weighted by Gasteiger charge is 2.45. The van der Waals surface area contributed by atoms with Crippen LogP contribution in [0.25, 0.3) is 0 Å². The van der Waals surface area contributed by atoms with Crippen molar-refractivity contribution in [2.45, 2.75) is 31.2 Å². The average Bonchev–Trinajstić information content (AvgIpc) is 2.53. The van der Waals surface area contributed by atoms with E-state index in [1.54, 1.807) is 6.20 Å². The highest BCUT2D eigenvalue weighted by atomic mass is 16.2. The van der Waals surface area contributed by atoms with Crippen LogP contribution in [0.4, 0.5) is 5.82 Å². The zero-order valence-corrected chi connectivity index (χ0v) is 13.7. The number of carbonyl (C=O) groups excluding carboxylic acids is 1. The fraction of sp³-hybridized carbons (Fsp3) is 0.368. The number of hydrogen-bond acceptors (Lipinski definition) is 3. The lowest BCUT2D eigenvalue weighted by Crippen LogP contribution is -2.49. The van der Waals surface area contributed by atoms with E-state index >= 15 is 0 Å². The highest BCUT2D eigenvalue weighted by Crippen LogP contribution is 2.43. The van der Waals surface area contributed by atoms with Crippen molar-refractivity contribution in [3.8, 4) is 0 Å². The van der Waals surface area contributed by atoms with Crippen molar-refractivity contribution in [1.29, 1.82) is 0 Å². The van der Waals surface area contributed by atoms with Gasteiger partial charge >= 0.3 is 0 Å². The van der Waals surface area contributed by atoms with E-state index < -0.39 is 0 Å². The van der Waals surface area contributed by atoms with Crippen molar-refractivity contribution in [3.05, 3.63) is 59.8 Å². The van der Waals surface area contributed by atoms with Crippen molar-refractivity contribution < 1.29 is 4.79 Å². The molecule has 2 aromatic rings. The molecule has 1 aliphatic rings. The maximum Gasteiger partial charge on any atom is 0.230 e. The van der Waals surface area contributed by atoms with Gasteiger partial charge in [0.05, 0.1) is 5.41 Å². The van der Waals surface area contributed by atoms with Crippen molar-refractivity contribution in [1.82, 2.24) is 10.3 Å². The molecule has 1 aliphatic carbocycles. The van der Waals surface area contributed by atoms with Gasteiger partial charge in [0.2, 0.25) is 5.91 Å². The van der Waals surface area contributed by atoms with Gasteiger partial charge in [-0.1, -0.05) is 42.8 Å². The van der Waals surface area contributed by atoms with Gasteiger partial charge in [-0.2, -0.15) is 0 Å². The van der Waals surface area contributed by atoms with Crippen LogP contribution in [0.15, 0.2) is 48.7 Å². The molecule has 1 amide bonds. The van der Waals surface area contributed by atoms with Crippen LogP contribution in [-0.2, 0) is 16.8 Å². The van der Waals surface area contributed by atoms with Gasteiger partial charge in [-0.25, -0.2) is 4.98 Å². The molecule has 120 valence electrons. The van der Waals surface area contributed by atoms with Gasteiger partial charge in [-0.15, -0.1) is 0 Å². The molecule has 0 bridgehead atoms. The summed E-state index contributed by atoms with van der Waals surface area (Å²) in [7, 11) is 3.93. The Balaban J connectivity index is 1.75. The molecule has 1 N–H and O–H groups in total. The van der Waals surface area contributed by atoms with Crippen LogP contribution in [0.3, 0.4) is 0 Å². The number of anilines is 1. The van der Waals surface area contributed by atoms with E-state index in [9.17, 15) is 4.79 Å². The number of nitrogens with zero attached hydrogens (tertiary/aromatic N) is 2. The number of nitrogens with one attached hydrogen (secondary N) is 1. The molecule has 0 saturated heterocycles. The van der Waals surface area contributed by atoms with E-state index in [1.165, 1.54) is 0 Å². The van der Waals surface area contributed by atoms with E-state index in [2.05, 4.69) is 22.4 Å². The molecule has 0 spiro atoms. The van der Waals surface area contributed by atoms with Crippen molar-refractivity contribution in [2.75, 3.05) is 19.0 Å². The Labute approximate surface area is 137 Å². The Morgan fingerprint density at radius 1 is 1.17 bits per heavy atom. The summed E-state index contributed by atoms with van der Waals surface area (Å²) in [5, 5.41) is 3.13. The van der Waals surface area contributed by atoms with Crippen LogP contribution in [0, 0.1) is 0 Å². The molecule has 23 heavy (non-hydrogen) atoms. The van der Waals surface area contributed by atoms with Crippen LogP contribution >= 0.6 is 0 Å². The van der Waals surface area contributed by atoms with Gasteiger partial charge in [-0.05, 0) is 24.5 Å². The maximum absolute atomic E-state index is 12.9. The van der Waals surface area contributed by atoms with Gasteiger partial charge in [-0.3, -0.25) is 4.79 Å². The first-order valence-corrected chi connectivity index (χ1v) is 8.08. The third-order valence-corrected chi connectivity index (χ3v) is 4.70. The smallest absolute Gasteiger partial charge is 0.230 e. The predicted molar refractivity (Wildman–Crippen MR) is 92.4 cm³/mol. The molecule has 1 heterocycles. The van der Waals surface area contributed by atoms with E-state index in [0.29, 0.717) is 6.54 Å². The minimum absolute atomic E-state index is 0.128. The fourth-order valence-corrected chi connectivity index (χ4v) is 3.25. The molecule has 1 fully saturated rings. The van der Waals surface area contributed by atoms with Crippen LogP contribution in [-0.4, -0.2) is 25.0 Å². The van der Waals surface area contributed by atoms with Crippen molar-refractivity contribution >= 4 is 11.7 Å².